The van der Waals surface area contributed by atoms with Gasteiger partial charge in [-0.3, -0.25) is 5.32 Å². The maximum Gasteiger partial charge on any atom is 0.198 e. The number of fused-ring (bicyclic) bond motifs is 1. The number of hydrogen-bond donors (Lipinski definition) is 2. The fourth-order valence-corrected chi connectivity index (χ4v) is 4.49. The van der Waals surface area contributed by atoms with Crippen LogP contribution in [0.5, 0.6) is 0 Å². The molecule has 2 N–H and O–H groups in total. The van der Waals surface area contributed by atoms with Gasteiger partial charge in [-0.25, -0.2) is 9.38 Å². The monoisotopic (exact) mass is 427 g/mol. The highest BCUT2D eigenvalue weighted by Crippen LogP contribution is 2.35. The first-order chi connectivity index (χ1) is 14.6. The van der Waals surface area contributed by atoms with Gasteiger partial charge in [0.05, 0.1) is 24.7 Å². The zero-order chi connectivity index (χ0) is 21.1. The molecule has 0 radical (unpaired) electrons. The van der Waals surface area contributed by atoms with Gasteiger partial charge in [-0.05, 0) is 54.5 Å². The topological polar surface area (TPSA) is 57.1 Å². The fraction of sp³-hybridized carbons (Fsp3) is 0.348. The van der Waals surface area contributed by atoms with Crippen LogP contribution in [0.15, 0.2) is 64.7 Å². The van der Waals surface area contributed by atoms with E-state index in [-0.39, 0.29) is 23.8 Å². The molecule has 0 aliphatic carbocycles. The van der Waals surface area contributed by atoms with Crippen LogP contribution >= 0.6 is 11.8 Å². The summed E-state index contributed by atoms with van der Waals surface area (Å²) < 4.78 is 19.6. The summed E-state index contributed by atoms with van der Waals surface area (Å²) in [5, 5.41) is 17.0. The largest absolute Gasteiger partial charge is 0.436 e. The van der Waals surface area contributed by atoms with Gasteiger partial charge < -0.3 is 9.94 Å². The maximum absolute atomic E-state index is 13.4. The zero-order valence-electron chi connectivity index (χ0n) is 17.1. The SMILES string of the molecule is CSC1=CC(c2ccccc2C)N(O)C(Cc2ccc(F)cc2)C2CNCN=C2O1. The molecule has 2 aromatic carbocycles. The van der Waals surface area contributed by atoms with E-state index in [9.17, 15) is 9.60 Å². The molecule has 0 fully saturated rings. The third-order valence-electron chi connectivity index (χ3n) is 5.68. The molecular formula is C23H26FN3O2S. The third kappa shape index (κ3) is 4.44. The highest BCUT2D eigenvalue weighted by molar-refractivity contribution is 8.02. The molecule has 4 rings (SSSR count). The normalized spacial score (nSPS) is 24.7. The molecule has 0 saturated carbocycles. The lowest BCUT2D eigenvalue weighted by molar-refractivity contribution is -0.160. The van der Waals surface area contributed by atoms with E-state index in [1.165, 1.54) is 29.0 Å². The summed E-state index contributed by atoms with van der Waals surface area (Å²) in [6, 6.07) is 13.8. The van der Waals surface area contributed by atoms with E-state index in [1.807, 2.05) is 43.5 Å². The predicted molar refractivity (Wildman–Crippen MR) is 118 cm³/mol. The van der Waals surface area contributed by atoms with Crippen LogP contribution in [-0.4, -0.2) is 41.7 Å². The summed E-state index contributed by atoms with van der Waals surface area (Å²) in [6.07, 6.45) is 4.44. The van der Waals surface area contributed by atoms with Crippen LogP contribution in [0, 0.1) is 18.7 Å². The molecule has 3 unspecified atom stereocenters. The number of thioether (sulfide) groups is 1. The Morgan fingerprint density at radius 3 is 2.73 bits per heavy atom. The van der Waals surface area contributed by atoms with Gasteiger partial charge in [0.1, 0.15) is 5.82 Å². The fourth-order valence-electron chi connectivity index (χ4n) is 4.06. The first kappa shape index (κ1) is 21.1. The Balaban J connectivity index is 1.78. The van der Waals surface area contributed by atoms with Crippen LogP contribution in [0.1, 0.15) is 22.7 Å². The average molecular weight is 428 g/mol. The van der Waals surface area contributed by atoms with Gasteiger partial charge in [0.15, 0.2) is 11.0 Å². The van der Waals surface area contributed by atoms with Gasteiger partial charge in [-0.2, -0.15) is 5.06 Å². The van der Waals surface area contributed by atoms with Gasteiger partial charge in [-0.15, -0.1) is 0 Å². The number of rotatable bonds is 4. The van der Waals surface area contributed by atoms with Crippen LogP contribution in [0.2, 0.25) is 0 Å². The van der Waals surface area contributed by atoms with E-state index >= 15 is 0 Å². The second kappa shape index (κ2) is 9.31. The lowest BCUT2D eigenvalue weighted by atomic mass is 9.89. The number of hydrogen-bond acceptors (Lipinski definition) is 6. The minimum Gasteiger partial charge on any atom is -0.436 e. The number of ether oxygens (including phenoxy) is 1. The molecular weight excluding hydrogens is 401 g/mol. The van der Waals surface area contributed by atoms with Crippen LogP contribution in [0.3, 0.4) is 0 Å². The van der Waals surface area contributed by atoms with E-state index in [0.717, 1.165) is 16.7 Å². The third-order valence-corrected chi connectivity index (χ3v) is 6.30. The molecule has 7 heteroatoms. The van der Waals surface area contributed by atoms with Crippen molar-refractivity contribution in [2.45, 2.75) is 25.4 Å². The molecule has 0 spiro atoms. The quantitative estimate of drug-likeness (QED) is 0.763. The van der Waals surface area contributed by atoms with Crippen molar-refractivity contribution in [3.63, 3.8) is 0 Å². The van der Waals surface area contributed by atoms with Crippen molar-refractivity contribution in [3.05, 3.63) is 82.2 Å². The van der Waals surface area contributed by atoms with Gasteiger partial charge in [0, 0.05) is 6.54 Å². The lowest BCUT2D eigenvalue weighted by Gasteiger charge is -2.40. The zero-order valence-corrected chi connectivity index (χ0v) is 17.9. The lowest BCUT2D eigenvalue weighted by Crippen LogP contribution is -2.51. The minimum absolute atomic E-state index is 0.142. The molecule has 0 bridgehead atoms. The predicted octanol–water partition coefficient (Wildman–Crippen LogP) is 4.29. The molecule has 2 aliphatic rings. The molecule has 0 aromatic heterocycles. The Morgan fingerprint density at radius 2 is 2.00 bits per heavy atom. The van der Waals surface area contributed by atoms with Gasteiger partial charge >= 0.3 is 0 Å². The van der Waals surface area contributed by atoms with Crippen LogP contribution < -0.4 is 5.32 Å². The molecule has 0 amide bonds. The molecule has 2 aromatic rings. The van der Waals surface area contributed by atoms with E-state index in [2.05, 4.69) is 10.3 Å². The summed E-state index contributed by atoms with van der Waals surface area (Å²) in [6.45, 7) is 3.17. The average Bonchev–Trinajstić information content (AvgIpc) is 2.76. The molecule has 158 valence electrons. The minimum atomic E-state index is -0.373. The van der Waals surface area contributed by atoms with Crippen molar-refractivity contribution in [2.75, 3.05) is 19.5 Å². The maximum atomic E-state index is 13.4. The number of aliphatic imine (C=N–C) groups is 1. The van der Waals surface area contributed by atoms with Gasteiger partial charge in [0.25, 0.3) is 0 Å². The number of nitrogens with one attached hydrogen (secondary N) is 1. The molecule has 0 saturated heterocycles. The molecule has 3 atom stereocenters. The molecule has 2 aliphatic heterocycles. The number of benzene rings is 2. The second-order valence-corrected chi connectivity index (χ2v) is 8.40. The van der Waals surface area contributed by atoms with Crippen LogP contribution in [0.4, 0.5) is 4.39 Å². The van der Waals surface area contributed by atoms with E-state index < -0.39 is 0 Å². The van der Waals surface area contributed by atoms with Crippen LogP contribution in [0.25, 0.3) is 0 Å². The van der Waals surface area contributed by atoms with Crippen molar-refractivity contribution < 1.29 is 14.3 Å². The molecule has 5 nitrogen and oxygen atoms in total. The highest BCUT2D eigenvalue weighted by atomic mass is 32.2. The standard InChI is InChI=1S/C23H26FN3O2S/c1-15-5-3-4-6-18(15)21-12-22(30-2)29-23-19(13-25-14-26-23)20(27(21)28)11-16-7-9-17(24)10-8-16/h3-10,12,19-21,25,28H,11,13-14H2,1-2H3. The van der Waals surface area contributed by atoms with Crippen molar-refractivity contribution >= 4 is 17.7 Å². The summed E-state index contributed by atoms with van der Waals surface area (Å²) in [5.74, 6) is 0.215. The Morgan fingerprint density at radius 1 is 1.23 bits per heavy atom. The number of halogens is 1. The van der Waals surface area contributed by atoms with Crippen molar-refractivity contribution in [3.8, 4) is 0 Å². The van der Waals surface area contributed by atoms with Crippen molar-refractivity contribution in [1.29, 1.82) is 0 Å². The Kier molecular flexibility index (Phi) is 6.53. The van der Waals surface area contributed by atoms with Crippen LogP contribution in [-0.2, 0) is 11.2 Å². The summed E-state index contributed by atoms with van der Waals surface area (Å²) in [5.41, 5.74) is 3.06. The summed E-state index contributed by atoms with van der Waals surface area (Å²) in [7, 11) is 0. The van der Waals surface area contributed by atoms with Crippen molar-refractivity contribution in [2.24, 2.45) is 10.9 Å². The van der Waals surface area contributed by atoms with Crippen molar-refractivity contribution in [1.82, 2.24) is 10.4 Å². The Hall–Kier alpha value is -2.19. The van der Waals surface area contributed by atoms with E-state index in [1.54, 1.807) is 12.1 Å². The molecule has 2 heterocycles. The Bertz CT molecular complexity index is 948. The first-order valence-electron chi connectivity index (χ1n) is 10.0. The smallest absolute Gasteiger partial charge is 0.198 e. The van der Waals surface area contributed by atoms with Gasteiger partial charge in [-0.1, -0.05) is 48.2 Å². The summed E-state index contributed by atoms with van der Waals surface area (Å²) >= 11 is 1.50. The summed E-state index contributed by atoms with van der Waals surface area (Å²) in [4.78, 5) is 4.54. The second-order valence-electron chi connectivity index (χ2n) is 7.59. The number of nitrogens with zero attached hydrogens (tertiary/aromatic N) is 2. The van der Waals surface area contributed by atoms with E-state index in [4.69, 9.17) is 4.74 Å². The number of hydroxylamine groups is 2. The van der Waals surface area contributed by atoms with E-state index in [0.29, 0.717) is 30.6 Å². The number of aryl methyl sites for hydroxylation is 1. The van der Waals surface area contributed by atoms with Gasteiger partial charge in [0.2, 0.25) is 0 Å². The highest BCUT2D eigenvalue weighted by Gasteiger charge is 2.39. The Labute approximate surface area is 180 Å². The first-order valence-corrected chi connectivity index (χ1v) is 11.2. The molecule has 30 heavy (non-hydrogen) atoms.